The molecule has 27 heavy (non-hydrogen) atoms. The Balaban J connectivity index is 2.05. The summed E-state index contributed by atoms with van der Waals surface area (Å²) in [7, 11) is 0. The summed E-state index contributed by atoms with van der Waals surface area (Å²) in [6, 6.07) is 8.52. The summed E-state index contributed by atoms with van der Waals surface area (Å²) in [5.74, 6) is -2.76. The van der Waals surface area contributed by atoms with Crippen LogP contribution >= 0.6 is 0 Å². The van der Waals surface area contributed by atoms with E-state index in [1.165, 1.54) is 36.4 Å². The van der Waals surface area contributed by atoms with Gasteiger partial charge in [-0.15, -0.1) is 0 Å². The number of hydrogen-bond donors (Lipinski definition) is 6. The van der Waals surface area contributed by atoms with E-state index in [1.807, 2.05) is 0 Å². The highest BCUT2D eigenvalue weighted by Gasteiger charge is 2.17. The number of rotatable bonds is 6. The molecule has 4 amide bonds. The molecule has 0 unspecified atom stereocenters. The molecular weight excluding hydrogens is 352 g/mol. The van der Waals surface area contributed by atoms with Crippen LogP contribution in [0.25, 0.3) is 0 Å². The second-order valence-electron chi connectivity index (χ2n) is 5.45. The van der Waals surface area contributed by atoms with Gasteiger partial charge in [0.05, 0.1) is 40.3 Å². The van der Waals surface area contributed by atoms with E-state index in [0.717, 1.165) is 0 Å². The third kappa shape index (κ3) is 4.12. The number of anilines is 2. The van der Waals surface area contributed by atoms with Gasteiger partial charge >= 0.3 is 0 Å². The van der Waals surface area contributed by atoms with Gasteiger partial charge in [0.15, 0.2) is 0 Å². The van der Waals surface area contributed by atoms with Crippen molar-refractivity contribution < 1.29 is 19.2 Å². The second kappa shape index (κ2) is 7.87. The van der Waals surface area contributed by atoms with E-state index in [4.69, 9.17) is 22.9 Å². The highest BCUT2D eigenvalue weighted by molar-refractivity contribution is 6.08. The smallest absolute Gasteiger partial charge is 0.254 e. The maximum Gasteiger partial charge on any atom is 0.254 e. The van der Waals surface area contributed by atoms with Gasteiger partial charge in [0.25, 0.3) is 23.6 Å². The normalized spacial score (nSPS) is 10.1. The van der Waals surface area contributed by atoms with Crippen molar-refractivity contribution in [1.82, 2.24) is 10.6 Å². The van der Waals surface area contributed by atoms with Gasteiger partial charge in [-0.25, -0.2) is 0 Å². The van der Waals surface area contributed by atoms with Gasteiger partial charge in [-0.3, -0.25) is 19.2 Å². The first-order valence-electron chi connectivity index (χ1n) is 7.67. The van der Waals surface area contributed by atoms with E-state index in [2.05, 4.69) is 10.6 Å². The molecule has 0 aromatic heterocycles. The average molecular weight is 370 g/mol. The summed E-state index contributed by atoms with van der Waals surface area (Å²) >= 11 is 0. The Morgan fingerprint density at radius 2 is 1.00 bits per heavy atom. The van der Waals surface area contributed by atoms with Crippen LogP contribution in [0.1, 0.15) is 41.4 Å². The van der Waals surface area contributed by atoms with Crippen molar-refractivity contribution in [3.05, 3.63) is 58.7 Å². The maximum atomic E-state index is 12.2. The molecule has 10 heteroatoms. The number of nitrogens with one attached hydrogen (secondary N) is 2. The van der Waals surface area contributed by atoms with Crippen LogP contribution in [-0.4, -0.2) is 30.3 Å². The van der Waals surface area contributed by atoms with Gasteiger partial charge < -0.3 is 33.6 Å². The summed E-state index contributed by atoms with van der Waals surface area (Å²) in [4.78, 5) is 46.9. The minimum atomic E-state index is -0.764. The molecule has 0 radical (unpaired) electrons. The number of nitrogen functional groups attached to an aromatic ring is 2. The van der Waals surface area contributed by atoms with Gasteiger partial charge in [0.2, 0.25) is 0 Å². The molecule has 2 rings (SSSR count). The molecule has 0 fully saturated rings. The Bertz CT molecular complexity index is 866. The van der Waals surface area contributed by atoms with E-state index in [9.17, 15) is 19.2 Å². The van der Waals surface area contributed by atoms with Crippen LogP contribution < -0.4 is 33.6 Å². The van der Waals surface area contributed by atoms with Crippen molar-refractivity contribution in [2.45, 2.75) is 0 Å². The highest BCUT2D eigenvalue weighted by Crippen LogP contribution is 2.18. The predicted molar refractivity (Wildman–Crippen MR) is 98.5 cm³/mol. The summed E-state index contributed by atoms with van der Waals surface area (Å²) in [6.07, 6.45) is 0. The number of nitrogens with two attached hydrogens (primary N) is 4. The molecule has 0 bridgehead atoms. The minimum absolute atomic E-state index is 0.0164. The molecule has 0 saturated carbocycles. The van der Waals surface area contributed by atoms with Crippen LogP contribution in [0.5, 0.6) is 0 Å². The lowest BCUT2D eigenvalue weighted by Gasteiger charge is -2.12. The SMILES string of the molecule is NC(=O)c1cccc(C(=O)NCNC(=O)c2cccc(C(N)=O)c2N)c1N. The van der Waals surface area contributed by atoms with Crippen molar-refractivity contribution in [3.63, 3.8) is 0 Å². The minimum Gasteiger partial charge on any atom is -0.397 e. The Morgan fingerprint density at radius 1 is 0.667 bits per heavy atom. The number of carbonyl (C=O) groups excluding carboxylic acids is 4. The number of para-hydroxylation sites is 2. The lowest BCUT2D eigenvalue weighted by atomic mass is 10.1. The van der Waals surface area contributed by atoms with Crippen LogP contribution in [-0.2, 0) is 0 Å². The third-order valence-electron chi connectivity index (χ3n) is 3.73. The quantitative estimate of drug-likeness (QED) is 0.283. The molecule has 0 spiro atoms. The Kier molecular flexibility index (Phi) is 5.61. The largest absolute Gasteiger partial charge is 0.397 e. The van der Waals surface area contributed by atoms with Crippen LogP contribution in [0.4, 0.5) is 11.4 Å². The third-order valence-corrected chi connectivity index (χ3v) is 3.73. The topological polar surface area (TPSA) is 196 Å². The van der Waals surface area contributed by atoms with Gasteiger partial charge in [0.1, 0.15) is 0 Å². The average Bonchev–Trinajstić information content (AvgIpc) is 2.61. The van der Waals surface area contributed by atoms with Gasteiger partial charge in [-0.05, 0) is 24.3 Å². The zero-order chi connectivity index (χ0) is 20.1. The van der Waals surface area contributed by atoms with E-state index < -0.39 is 23.6 Å². The fourth-order valence-electron chi connectivity index (χ4n) is 2.35. The first-order valence-corrected chi connectivity index (χ1v) is 7.67. The monoisotopic (exact) mass is 370 g/mol. The van der Waals surface area contributed by atoms with Crippen molar-refractivity contribution in [2.75, 3.05) is 18.1 Å². The molecule has 0 aliphatic carbocycles. The van der Waals surface area contributed by atoms with Crippen molar-refractivity contribution in [3.8, 4) is 0 Å². The Morgan fingerprint density at radius 3 is 1.33 bits per heavy atom. The van der Waals surface area contributed by atoms with Crippen LogP contribution in [0.2, 0.25) is 0 Å². The lowest BCUT2D eigenvalue weighted by molar-refractivity contribution is 0.0920. The first-order chi connectivity index (χ1) is 12.7. The molecule has 0 atom stereocenters. The highest BCUT2D eigenvalue weighted by atomic mass is 16.2. The maximum absolute atomic E-state index is 12.2. The molecule has 0 aliphatic heterocycles. The summed E-state index contributed by atoms with van der Waals surface area (Å²) in [5.41, 5.74) is 21.9. The van der Waals surface area contributed by atoms with Gasteiger partial charge in [-0.1, -0.05) is 12.1 Å². The molecule has 140 valence electrons. The molecule has 10 N–H and O–H groups in total. The van der Waals surface area contributed by atoms with Crippen molar-refractivity contribution >= 4 is 35.0 Å². The van der Waals surface area contributed by atoms with E-state index >= 15 is 0 Å². The number of hydrogen-bond acceptors (Lipinski definition) is 6. The number of carbonyl (C=O) groups is 4. The van der Waals surface area contributed by atoms with Crippen LogP contribution in [0.15, 0.2) is 36.4 Å². The van der Waals surface area contributed by atoms with E-state index in [-0.39, 0.29) is 40.3 Å². The number of benzene rings is 2. The van der Waals surface area contributed by atoms with Gasteiger partial charge in [0, 0.05) is 0 Å². The summed E-state index contributed by atoms with van der Waals surface area (Å²) in [5, 5.41) is 4.86. The summed E-state index contributed by atoms with van der Waals surface area (Å²) in [6.45, 7) is -0.252. The summed E-state index contributed by atoms with van der Waals surface area (Å²) < 4.78 is 0. The molecule has 2 aromatic carbocycles. The fraction of sp³-hybridized carbons (Fsp3) is 0.0588. The molecular formula is C17H18N6O4. The van der Waals surface area contributed by atoms with Crippen LogP contribution in [0.3, 0.4) is 0 Å². The second-order valence-corrected chi connectivity index (χ2v) is 5.45. The standard InChI is InChI=1S/C17H18N6O4/c18-12-8(14(20)24)3-1-5-10(12)16(26)22-7-23-17(27)11-6-2-4-9(13(11)19)15(21)25/h1-6H,7,18-19H2,(H2,20,24)(H2,21,25)(H,22,26)(H,23,27). The lowest BCUT2D eigenvalue weighted by Crippen LogP contribution is -2.38. The fourth-order valence-corrected chi connectivity index (χ4v) is 2.35. The van der Waals surface area contributed by atoms with E-state index in [0.29, 0.717) is 0 Å². The van der Waals surface area contributed by atoms with Gasteiger partial charge in [-0.2, -0.15) is 0 Å². The Labute approximate surface area is 153 Å². The van der Waals surface area contributed by atoms with E-state index in [1.54, 1.807) is 0 Å². The first kappa shape index (κ1) is 19.2. The Hall–Kier alpha value is -4.08. The number of amides is 4. The van der Waals surface area contributed by atoms with Crippen LogP contribution in [0, 0.1) is 0 Å². The van der Waals surface area contributed by atoms with Crippen molar-refractivity contribution in [2.24, 2.45) is 11.5 Å². The zero-order valence-electron chi connectivity index (χ0n) is 14.1. The molecule has 0 saturated heterocycles. The van der Waals surface area contributed by atoms with Crippen molar-refractivity contribution in [1.29, 1.82) is 0 Å². The molecule has 0 heterocycles. The molecule has 10 nitrogen and oxygen atoms in total. The molecule has 0 aliphatic rings. The number of primary amides is 2. The zero-order valence-corrected chi connectivity index (χ0v) is 14.1. The predicted octanol–water partition coefficient (Wildman–Crippen LogP) is -0.834. The molecule has 2 aromatic rings.